The first kappa shape index (κ1) is 21.7. The van der Waals surface area contributed by atoms with E-state index in [-0.39, 0.29) is 23.1 Å². The van der Waals surface area contributed by atoms with Crippen LogP contribution >= 0.6 is 0 Å². The van der Waals surface area contributed by atoms with Crippen molar-refractivity contribution in [2.75, 3.05) is 10.6 Å². The van der Waals surface area contributed by atoms with Crippen LogP contribution < -0.4 is 10.6 Å². The number of carbonyl (C=O) groups is 1. The lowest BCUT2D eigenvalue weighted by atomic mass is 10.1. The van der Waals surface area contributed by atoms with Gasteiger partial charge in [-0.3, -0.25) is 9.78 Å². The van der Waals surface area contributed by atoms with Crippen molar-refractivity contribution in [2.24, 2.45) is 0 Å². The van der Waals surface area contributed by atoms with E-state index in [1.165, 1.54) is 12.1 Å². The van der Waals surface area contributed by atoms with Crippen molar-refractivity contribution in [3.63, 3.8) is 0 Å². The maximum atomic E-state index is 13.9. The number of fused-ring (bicyclic) bond motifs is 1. The quantitative estimate of drug-likeness (QED) is 0.377. The number of aromatic nitrogens is 4. The fraction of sp³-hybridized carbons (Fsp3) is 0.0385. The van der Waals surface area contributed by atoms with Crippen LogP contribution in [0.25, 0.3) is 16.9 Å². The molecule has 0 bridgehead atoms. The van der Waals surface area contributed by atoms with Gasteiger partial charge >= 0.3 is 0 Å². The molecule has 5 aromatic rings. The standard InChI is InChI=1S/C26H18FN7O/c27-21-7-4-8-22(20(21)14-28)31-26-32-24-15-29-23(16-34(24)33-26)18-9-11-19(12-10-18)30-25(35)13-17-5-2-1-3-6-17/h1-12,15-16H,13H2,(H,30,35)(H,31,33). The number of halogens is 1. The van der Waals surface area contributed by atoms with Crippen LogP contribution in [0, 0.1) is 17.1 Å². The average molecular weight is 463 g/mol. The summed E-state index contributed by atoms with van der Waals surface area (Å²) in [5.74, 6) is -0.503. The van der Waals surface area contributed by atoms with Crippen LogP contribution in [0.15, 0.2) is 85.2 Å². The van der Waals surface area contributed by atoms with E-state index >= 15 is 0 Å². The minimum absolute atomic E-state index is 0.0935. The summed E-state index contributed by atoms with van der Waals surface area (Å²) < 4.78 is 15.4. The number of hydrogen-bond donors (Lipinski definition) is 2. The highest BCUT2D eigenvalue weighted by Gasteiger charge is 2.12. The number of anilines is 3. The second kappa shape index (κ2) is 9.41. The number of nitrogens with zero attached hydrogens (tertiary/aromatic N) is 5. The van der Waals surface area contributed by atoms with Crippen molar-refractivity contribution in [1.29, 1.82) is 5.26 Å². The summed E-state index contributed by atoms with van der Waals surface area (Å²) in [5.41, 5.74) is 3.77. The summed E-state index contributed by atoms with van der Waals surface area (Å²) in [7, 11) is 0. The Hall–Kier alpha value is -5.10. The second-order valence-electron chi connectivity index (χ2n) is 7.70. The number of nitriles is 1. The van der Waals surface area contributed by atoms with Crippen molar-refractivity contribution in [3.05, 3.63) is 102 Å². The molecule has 9 heteroatoms. The predicted octanol–water partition coefficient (Wildman–Crippen LogP) is 4.73. The molecule has 0 fully saturated rings. The van der Waals surface area contributed by atoms with Gasteiger partial charge in [-0.25, -0.2) is 8.91 Å². The molecule has 5 rings (SSSR count). The molecule has 0 saturated heterocycles. The normalized spacial score (nSPS) is 10.6. The van der Waals surface area contributed by atoms with Crippen LogP contribution in [0.3, 0.4) is 0 Å². The number of hydrogen-bond acceptors (Lipinski definition) is 6. The second-order valence-corrected chi connectivity index (χ2v) is 7.70. The van der Waals surface area contributed by atoms with E-state index in [2.05, 4.69) is 25.7 Å². The molecule has 35 heavy (non-hydrogen) atoms. The first-order valence-electron chi connectivity index (χ1n) is 10.7. The van der Waals surface area contributed by atoms with Crippen LogP contribution in [0.1, 0.15) is 11.1 Å². The van der Waals surface area contributed by atoms with E-state index in [1.807, 2.05) is 60.7 Å². The predicted molar refractivity (Wildman–Crippen MR) is 129 cm³/mol. The Morgan fingerprint density at radius 1 is 1.03 bits per heavy atom. The first-order chi connectivity index (χ1) is 17.1. The molecule has 8 nitrogen and oxygen atoms in total. The summed E-state index contributed by atoms with van der Waals surface area (Å²) in [4.78, 5) is 21.1. The molecular weight excluding hydrogens is 445 g/mol. The third-order valence-corrected chi connectivity index (χ3v) is 5.27. The van der Waals surface area contributed by atoms with Crippen LogP contribution in [0.5, 0.6) is 0 Å². The largest absolute Gasteiger partial charge is 0.326 e. The SMILES string of the molecule is N#Cc1c(F)cccc1Nc1nc2cnc(-c3ccc(NC(=O)Cc4ccccc4)cc3)cn2n1. The molecule has 170 valence electrons. The van der Waals surface area contributed by atoms with E-state index in [0.717, 1.165) is 11.1 Å². The van der Waals surface area contributed by atoms with Gasteiger partial charge in [-0.05, 0) is 29.8 Å². The molecule has 2 N–H and O–H groups in total. The van der Waals surface area contributed by atoms with Gasteiger partial charge in [0.15, 0.2) is 5.65 Å². The summed E-state index contributed by atoms with van der Waals surface area (Å²) in [6.45, 7) is 0. The van der Waals surface area contributed by atoms with Crippen molar-refractivity contribution in [2.45, 2.75) is 6.42 Å². The molecule has 2 heterocycles. The molecule has 0 aliphatic heterocycles. The summed E-state index contributed by atoms with van der Waals surface area (Å²) >= 11 is 0. The minimum Gasteiger partial charge on any atom is -0.326 e. The van der Waals surface area contributed by atoms with Gasteiger partial charge in [0.05, 0.1) is 30.2 Å². The summed E-state index contributed by atoms with van der Waals surface area (Å²) in [6.07, 6.45) is 3.59. The monoisotopic (exact) mass is 463 g/mol. The molecule has 0 aliphatic rings. The first-order valence-corrected chi connectivity index (χ1v) is 10.7. The number of nitrogens with one attached hydrogen (secondary N) is 2. The summed E-state index contributed by atoms with van der Waals surface area (Å²) in [6, 6.07) is 23.0. The molecule has 0 aliphatic carbocycles. The van der Waals surface area contributed by atoms with Crippen molar-refractivity contribution in [1.82, 2.24) is 19.6 Å². The van der Waals surface area contributed by atoms with E-state index in [4.69, 9.17) is 0 Å². The van der Waals surface area contributed by atoms with E-state index in [9.17, 15) is 14.4 Å². The van der Waals surface area contributed by atoms with Gasteiger partial charge < -0.3 is 10.6 Å². The van der Waals surface area contributed by atoms with Gasteiger partial charge in [-0.2, -0.15) is 10.2 Å². The Balaban J connectivity index is 1.31. The number of benzene rings is 3. The van der Waals surface area contributed by atoms with Gasteiger partial charge in [0, 0.05) is 11.3 Å². The molecule has 3 aromatic carbocycles. The van der Waals surface area contributed by atoms with E-state index in [0.29, 0.717) is 23.4 Å². The van der Waals surface area contributed by atoms with Crippen molar-refractivity contribution < 1.29 is 9.18 Å². The molecule has 0 atom stereocenters. The molecule has 0 unspecified atom stereocenters. The molecule has 0 saturated carbocycles. The van der Waals surface area contributed by atoms with Gasteiger partial charge in [0.1, 0.15) is 17.4 Å². The molecule has 0 radical (unpaired) electrons. The fourth-order valence-electron chi connectivity index (χ4n) is 3.57. The molecule has 2 aromatic heterocycles. The van der Waals surface area contributed by atoms with Crippen LogP contribution in [0.2, 0.25) is 0 Å². The third kappa shape index (κ3) is 4.82. The third-order valence-electron chi connectivity index (χ3n) is 5.27. The zero-order valence-corrected chi connectivity index (χ0v) is 18.3. The van der Waals surface area contributed by atoms with Gasteiger partial charge in [-0.15, -0.1) is 5.10 Å². The highest BCUT2D eigenvalue weighted by molar-refractivity contribution is 5.92. The highest BCUT2D eigenvalue weighted by atomic mass is 19.1. The average Bonchev–Trinajstić information content (AvgIpc) is 3.27. The lowest BCUT2D eigenvalue weighted by molar-refractivity contribution is -0.115. The van der Waals surface area contributed by atoms with Gasteiger partial charge in [-0.1, -0.05) is 48.5 Å². The lowest BCUT2D eigenvalue weighted by Gasteiger charge is -2.07. The Kier molecular flexibility index (Phi) is 5.84. The molecule has 1 amide bonds. The summed E-state index contributed by atoms with van der Waals surface area (Å²) in [5, 5.41) is 19.3. The van der Waals surface area contributed by atoms with Gasteiger partial charge in [0.25, 0.3) is 0 Å². The topological polar surface area (TPSA) is 108 Å². The minimum atomic E-state index is -0.620. The lowest BCUT2D eigenvalue weighted by Crippen LogP contribution is -2.14. The van der Waals surface area contributed by atoms with Crippen LogP contribution in [0.4, 0.5) is 21.7 Å². The van der Waals surface area contributed by atoms with Crippen molar-refractivity contribution in [3.8, 4) is 17.3 Å². The Morgan fingerprint density at radius 2 is 1.83 bits per heavy atom. The Labute approximate surface area is 199 Å². The van der Waals surface area contributed by atoms with Gasteiger partial charge in [0.2, 0.25) is 11.9 Å². The van der Waals surface area contributed by atoms with Crippen molar-refractivity contribution >= 4 is 28.9 Å². The number of carbonyl (C=O) groups excluding carboxylic acids is 1. The van der Waals surface area contributed by atoms with E-state index in [1.54, 1.807) is 23.0 Å². The number of rotatable bonds is 6. The molecular formula is C26H18FN7O. The molecule has 0 spiro atoms. The number of amides is 1. The van der Waals surface area contributed by atoms with E-state index < -0.39 is 5.82 Å². The van der Waals surface area contributed by atoms with Crippen LogP contribution in [-0.2, 0) is 11.2 Å². The Bertz CT molecular complexity index is 1560. The maximum Gasteiger partial charge on any atom is 0.247 e. The smallest absolute Gasteiger partial charge is 0.247 e. The zero-order valence-electron chi connectivity index (χ0n) is 18.3. The van der Waals surface area contributed by atoms with Crippen LogP contribution in [-0.4, -0.2) is 25.5 Å². The fourth-order valence-corrected chi connectivity index (χ4v) is 3.57. The zero-order chi connectivity index (χ0) is 24.2. The highest BCUT2D eigenvalue weighted by Crippen LogP contribution is 2.23. The Morgan fingerprint density at radius 3 is 2.60 bits per heavy atom. The maximum absolute atomic E-state index is 13.9.